The van der Waals surface area contributed by atoms with Crippen LogP contribution in [0.4, 0.5) is 4.39 Å². The summed E-state index contributed by atoms with van der Waals surface area (Å²) in [4.78, 5) is 0. The molecule has 0 amide bonds. The van der Waals surface area contributed by atoms with Crippen molar-refractivity contribution in [3.63, 3.8) is 0 Å². The first-order valence-corrected chi connectivity index (χ1v) is 7.64. The summed E-state index contributed by atoms with van der Waals surface area (Å²) >= 11 is 6.40. The highest BCUT2D eigenvalue weighted by atomic mass is 35.5. The standard InChI is InChI=1S/C16H21ClFN3/c1-4-13-16(17)15(21(3)20-13)10-14(19-5-2)11-8-6-7-9-12(11)18/h6-9,14,19H,4-5,10H2,1-3H3. The van der Waals surface area contributed by atoms with Gasteiger partial charge >= 0.3 is 0 Å². The predicted octanol–water partition coefficient (Wildman–Crippen LogP) is 3.67. The van der Waals surface area contributed by atoms with E-state index in [1.54, 1.807) is 10.7 Å². The maximum absolute atomic E-state index is 14.0. The number of rotatable bonds is 6. The van der Waals surface area contributed by atoms with Crippen LogP contribution in [0.1, 0.15) is 36.8 Å². The second-order valence-corrected chi connectivity index (χ2v) is 5.40. The predicted molar refractivity (Wildman–Crippen MR) is 84.1 cm³/mol. The average Bonchev–Trinajstić information content (AvgIpc) is 2.74. The molecule has 2 aromatic rings. The van der Waals surface area contributed by atoms with E-state index in [2.05, 4.69) is 10.4 Å². The molecule has 0 aliphatic carbocycles. The summed E-state index contributed by atoms with van der Waals surface area (Å²) in [6, 6.07) is 6.74. The van der Waals surface area contributed by atoms with E-state index in [4.69, 9.17) is 11.6 Å². The molecular formula is C16H21ClFN3. The summed E-state index contributed by atoms with van der Waals surface area (Å²) in [7, 11) is 1.88. The largest absolute Gasteiger partial charge is 0.310 e. The minimum Gasteiger partial charge on any atom is -0.310 e. The van der Waals surface area contributed by atoms with Crippen molar-refractivity contribution < 1.29 is 4.39 Å². The lowest BCUT2D eigenvalue weighted by atomic mass is 10.0. The molecule has 0 radical (unpaired) electrons. The third-order valence-electron chi connectivity index (χ3n) is 3.63. The molecule has 114 valence electrons. The summed E-state index contributed by atoms with van der Waals surface area (Å²) < 4.78 is 15.8. The molecule has 0 spiro atoms. The lowest BCUT2D eigenvalue weighted by molar-refractivity contribution is 0.497. The van der Waals surface area contributed by atoms with Gasteiger partial charge in [0.1, 0.15) is 5.82 Å². The van der Waals surface area contributed by atoms with Crippen LogP contribution in [-0.4, -0.2) is 16.3 Å². The highest BCUT2D eigenvalue weighted by molar-refractivity contribution is 6.31. The zero-order chi connectivity index (χ0) is 15.4. The van der Waals surface area contributed by atoms with E-state index in [9.17, 15) is 4.39 Å². The van der Waals surface area contributed by atoms with Crippen molar-refractivity contribution in [2.24, 2.45) is 7.05 Å². The van der Waals surface area contributed by atoms with Crippen LogP contribution < -0.4 is 5.32 Å². The minimum atomic E-state index is -0.197. The van der Waals surface area contributed by atoms with Crippen molar-refractivity contribution in [1.82, 2.24) is 15.1 Å². The molecule has 0 saturated heterocycles. The Morgan fingerprint density at radius 2 is 2.05 bits per heavy atom. The van der Waals surface area contributed by atoms with E-state index in [1.807, 2.05) is 33.0 Å². The van der Waals surface area contributed by atoms with Gasteiger partial charge < -0.3 is 5.32 Å². The van der Waals surface area contributed by atoms with Gasteiger partial charge in [-0.15, -0.1) is 0 Å². The van der Waals surface area contributed by atoms with Crippen LogP contribution in [0, 0.1) is 5.82 Å². The molecule has 1 atom stereocenters. The van der Waals surface area contributed by atoms with Gasteiger partial charge in [0.05, 0.1) is 16.4 Å². The number of likely N-dealkylation sites (N-methyl/N-ethyl adjacent to an activating group) is 1. The number of aromatic nitrogens is 2. The van der Waals surface area contributed by atoms with Gasteiger partial charge in [0.15, 0.2) is 0 Å². The van der Waals surface area contributed by atoms with Gasteiger partial charge in [-0.1, -0.05) is 43.6 Å². The Balaban J connectivity index is 2.33. The van der Waals surface area contributed by atoms with Crippen molar-refractivity contribution >= 4 is 11.6 Å². The monoisotopic (exact) mass is 309 g/mol. The highest BCUT2D eigenvalue weighted by Gasteiger charge is 2.20. The number of hydrogen-bond acceptors (Lipinski definition) is 2. The first-order chi connectivity index (χ1) is 10.1. The van der Waals surface area contributed by atoms with Crippen molar-refractivity contribution in [2.75, 3.05) is 6.54 Å². The maximum Gasteiger partial charge on any atom is 0.127 e. The molecule has 0 bridgehead atoms. The third-order valence-corrected chi connectivity index (χ3v) is 4.07. The molecular weight excluding hydrogens is 289 g/mol. The molecule has 1 aromatic carbocycles. The number of nitrogens with zero attached hydrogens (tertiary/aromatic N) is 2. The van der Waals surface area contributed by atoms with Crippen LogP contribution >= 0.6 is 11.6 Å². The Labute approximate surface area is 130 Å². The normalized spacial score (nSPS) is 12.6. The zero-order valence-corrected chi connectivity index (χ0v) is 13.4. The van der Waals surface area contributed by atoms with E-state index in [-0.39, 0.29) is 11.9 Å². The third kappa shape index (κ3) is 3.44. The maximum atomic E-state index is 14.0. The Morgan fingerprint density at radius 3 is 2.62 bits per heavy atom. The van der Waals surface area contributed by atoms with Gasteiger partial charge in [0, 0.05) is 25.1 Å². The van der Waals surface area contributed by atoms with E-state index in [0.717, 1.165) is 24.4 Å². The van der Waals surface area contributed by atoms with Crippen molar-refractivity contribution in [2.45, 2.75) is 32.7 Å². The minimum absolute atomic E-state index is 0.117. The lowest BCUT2D eigenvalue weighted by Crippen LogP contribution is -2.25. The molecule has 0 aliphatic rings. The van der Waals surface area contributed by atoms with Crippen LogP contribution in [0.5, 0.6) is 0 Å². The molecule has 1 heterocycles. The fourth-order valence-electron chi connectivity index (χ4n) is 2.53. The van der Waals surface area contributed by atoms with Gasteiger partial charge in [-0.3, -0.25) is 4.68 Å². The second kappa shape index (κ2) is 7.05. The van der Waals surface area contributed by atoms with Crippen LogP contribution in [0.15, 0.2) is 24.3 Å². The second-order valence-electron chi connectivity index (χ2n) is 5.02. The van der Waals surface area contributed by atoms with E-state index in [1.165, 1.54) is 6.07 Å². The fraction of sp³-hybridized carbons (Fsp3) is 0.438. The van der Waals surface area contributed by atoms with Gasteiger partial charge in [-0.2, -0.15) is 5.10 Å². The van der Waals surface area contributed by atoms with E-state index in [0.29, 0.717) is 17.0 Å². The van der Waals surface area contributed by atoms with E-state index < -0.39 is 0 Å². The molecule has 1 N–H and O–H groups in total. The SMILES string of the molecule is CCNC(Cc1c(Cl)c(CC)nn1C)c1ccccc1F. The molecule has 21 heavy (non-hydrogen) atoms. The average molecular weight is 310 g/mol. The lowest BCUT2D eigenvalue weighted by Gasteiger charge is -2.19. The fourth-order valence-corrected chi connectivity index (χ4v) is 2.90. The number of nitrogens with one attached hydrogen (secondary N) is 1. The van der Waals surface area contributed by atoms with Gasteiger partial charge in [-0.25, -0.2) is 4.39 Å². The number of halogens is 2. The summed E-state index contributed by atoms with van der Waals surface area (Å²) in [6.45, 7) is 4.79. The Morgan fingerprint density at radius 1 is 1.33 bits per heavy atom. The van der Waals surface area contributed by atoms with Crippen LogP contribution in [0.3, 0.4) is 0 Å². The topological polar surface area (TPSA) is 29.9 Å². The highest BCUT2D eigenvalue weighted by Crippen LogP contribution is 2.27. The molecule has 0 aliphatic heterocycles. The van der Waals surface area contributed by atoms with Crippen molar-refractivity contribution in [1.29, 1.82) is 0 Å². The molecule has 1 aromatic heterocycles. The van der Waals surface area contributed by atoms with E-state index >= 15 is 0 Å². The van der Waals surface area contributed by atoms with Crippen LogP contribution in [-0.2, 0) is 19.9 Å². The number of benzene rings is 1. The molecule has 5 heteroatoms. The van der Waals surface area contributed by atoms with Gasteiger partial charge in [-0.05, 0) is 19.0 Å². The summed E-state index contributed by atoms with van der Waals surface area (Å²) in [5, 5.41) is 8.45. The van der Waals surface area contributed by atoms with Crippen LogP contribution in [0.25, 0.3) is 0 Å². The van der Waals surface area contributed by atoms with Gasteiger partial charge in [0.25, 0.3) is 0 Å². The smallest absolute Gasteiger partial charge is 0.127 e. The first kappa shape index (κ1) is 16.0. The summed E-state index contributed by atoms with van der Waals surface area (Å²) in [5.74, 6) is -0.197. The Bertz CT molecular complexity index is 610. The molecule has 1 unspecified atom stereocenters. The summed E-state index contributed by atoms with van der Waals surface area (Å²) in [5.41, 5.74) is 2.48. The molecule has 2 rings (SSSR count). The van der Waals surface area contributed by atoms with Crippen LogP contribution in [0.2, 0.25) is 5.02 Å². The Hall–Kier alpha value is -1.39. The summed E-state index contributed by atoms with van der Waals surface area (Å²) in [6.07, 6.45) is 1.40. The Kier molecular flexibility index (Phi) is 5.37. The number of aryl methyl sites for hydroxylation is 2. The quantitative estimate of drug-likeness (QED) is 0.882. The molecule has 0 fully saturated rings. The number of hydrogen-bond donors (Lipinski definition) is 1. The molecule has 3 nitrogen and oxygen atoms in total. The van der Waals surface area contributed by atoms with Crippen molar-refractivity contribution in [3.8, 4) is 0 Å². The van der Waals surface area contributed by atoms with Gasteiger partial charge in [0.2, 0.25) is 0 Å². The zero-order valence-electron chi connectivity index (χ0n) is 12.7. The first-order valence-electron chi connectivity index (χ1n) is 7.26. The molecule has 0 saturated carbocycles. The van der Waals surface area contributed by atoms with Crippen molar-refractivity contribution in [3.05, 3.63) is 52.1 Å².